The molecule has 1 fully saturated rings. The Balaban J connectivity index is 1.32. The van der Waals surface area contributed by atoms with E-state index in [0.29, 0.717) is 17.1 Å². The maximum Gasteiger partial charge on any atom is 0.260 e. The number of piperidine rings is 1. The molecule has 0 aliphatic carbocycles. The van der Waals surface area contributed by atoms with Crippen molar-refractivity contribution in [2.24, 2.45) is 4.99 Å². The molecular weight excluding hydrogens is 406 g/mol. The SMILES string of the molecule is CN1C(=O)c2ccccc2N(C)C2=C1C=NC(Nc1ccc(N3CCC(O)CC3)cn1)N2. The van der Waals surface area contributed by atoms with E-state index in [-0.39, 0.29) is 12.0 Å². The van der Waals surface area contributed by atoms with Gasteiger partial charge in [-0.2, -0.15) is 0 Å². The molecule has 0 saturated carbocycles. The zero-order valence-corrected chi connectivity index (χ0v) is 18.2. The molecule has 0 bridgehead atoms. The van der Waals surface area contributed by atoms with E-state index in [1.165, 1.54) is 0 Å². The highest BCUT2D eigenvalue weighted by atomic mass is 16.3. The molecule has 9 heteroatoms. The fourth-order valence-electron chi connectivity index (χ4n) is 4.31. The molecule has 32 heavy (non-hydrogen) atoms. The van der Waals surface area contributed by atoms with Gasteiger partial charge in [-0.3, -0.25) is 4.79 Å². The third-order valence-electron chi connectivity index (χ3n) is 6.22. The van der Waals surface area contributed by atoms with Crippen molar-refractivity contribution < 1.29 is 9.90 Å². The third-order valence-corrected chi connectivity index (χ3v) is 6.22. The lowest BCUT2D eigenvalue weighted by Crippen LogP contribution is -2.44. The molecule has 9 nitrogen and oxygen atoms in total. The highest BCUT2D eigenvalue weighted by molar-refractivity contribution is 6.05. The Morgan fingerprint density at radius 1 is 1.09 bits per heavy atom. The van der Waals surface area contributed by atoms with E-state index in [9.17, 15) is 9.90 Å². The number of pyridine rings is 1. The van der Waals surface area contributed by atoms with Crippen molar-refractivity contribution in [1.29, 1.82) is 0 Å². The Labute approximate surface area is 187 Å². The summed E-state index contributed by atoms with van der Waals surface area (Å²) in [5.74, 6) is 1.42. The van der Waals surface area contributed by atoms with E-state index in [1.807, 2.05) is 54.5 Å². The molecule has 0 spiro atoms. The van der Waals surface area contributed by atoms with E-state index < -0.39 is 6.29 Å². The van der Waals surface area contributed by atoms with Crippen LogP contribution in [0, 0.1) is 0 Å². The summed E-state index contributed by atoms with van der Waals surface area (Å²) in [4.78, 5) is 27.9. The quantitative estimate of drug-likeness (QED) is 0.679. The second-order valence-corrected chi connectivity index (χ2v) is 8.26. The number of nitrogens with one attached hydrogen (secondary N) is 2. The summed E-state index contributed by atoms with van der Waals surface area (Å²) >= 11 is 0. The van der Waals surface area contributed by atoms with Crippen molar-refractivity contribution >= 4 is 29.3 Å². The van der Waals surface area contributed by atoms with E-state index in [1.54, 1.807) is 18.2 Å². The van der Waals surface area contributed by atoms with Crippen molar-refractivity contribution in [3.63, 3.8) is 0 Å². The molecular formula is C23H27N7O2. The van der Waals surface area contributed by atoms with E-state index >= 15 is 0 Å². The van der Waals surface area contributed by atoms with Gasteiger partial charge in [-0.15, -0.1) is 0 Å². The zero-order valence-electron chi connectivity index (χ0n) is 18.2. The number of para-hydroxylation sites is 1. The van der Waals surface area contributed by atoms with Gasteiger partial charge in [-0.1, -0.05) is 12.1 Å². The van der Waals surface area contributed by atoms with Gasteiger partial charge in [-0.05, 0) is 37.1 Å². The number of carbonyl (C=O) groups is 1. The third kappa shape index (κ3) is 3.64. The summed E-state index contributed by atoms with van der Waals surface area (Å²) in [5, 5.41) is 16.4. The number of aliphatic hydroxyl groups is 1. The number of aromatic nitrogens is 1. The minimum absolute atomic E-state index is 0.0698. The number of rotatable bonds is 3. The van der Waals surface area contributed by atoms with Gasteiger partial charge >= 0.3 is 0 Å². The molecule has 1 atom stereocenters. The Bertz CT molecular complexity index is 1070. The van der Waals surface area contributed by atoms with Gasteiger partial charge in [0.2, 0.25) is 0 Å². The summed E-state index contributed by atoms with van der Waals surface area (Å²) in [7, 11) is 3.70. The molecule has 4 heterocycles. The molecule has 0 radical (unpaired) electrons. The van der Waals surface area contributed by atoms with Crippen LogP contribution in [0.2, 0.25) is 0 Å². The zero-order chi connectivity index (χ0) is 22.2. The monoisotopic (exact) mass is 433 g/mol. The van der Waals surface area contributed by atoms with Gasteiger partial charge in [-0.25, -0.2) is 9.98 Å². The normalized spacial score (nSPS) is 21.2. The van der Waals surface area contributed by atoms with Crippen molar-refractivity contribution in [3.05, 3.63) is 59.7 Å². The average molecular weight is 434 g/mol. The van der Waals surface area contributed by atoms with Gasteiger partial charge in [0.1, 0.15) is 17.3 Å². The average Bonchev–Trinajstić information content (AvgIpc) is 2.90. The van der Waals surface area contributed by atoms with Crippen molar-refractivity contribution in [1.82, 2.24) is 15.2 Å². The van der Waals surface area contributed by atoms with E-state index in [2.05, 4.69) is 25.5 Å². The van der Waals surface area contributed by atoms with Gasteiger partial charge in [0, 0.05) is 27.2 Å². The number of carbonyl (C=O) groups excluding carboxylic acids is 1. The highest BCUT2D eigenvalue weighted by Crippen LogP contribution is 2.30. The Hall–Kier alpha value is -3.59. The Kier molecular flexibility index (Phi) is 5.18. The number of amides is 1. The predicted molar refractivity (Wildman–Crippen MR) is 125 cm³/mol. The Morgan fingerprint density at radius 3 is 2.62 bits per heavy atom. The van der Waals surface area contributed by atoms with Gasteiger partial charge in [0.25, 0.3) is 5.91 Å². The lowest BCUT2D eigenvalue weighted by atomic mass is 10.1. The molecule has 3 aliphatic heterocycles. The number of aliphatic imine (C=N–C) groups is 1. The van der Waals surface area contributed by atoms with Crippen molar-refractivity contribution in [2.75, 3.05) is 42.3 Å². The number of hydrogen-bond acceptors (Lipinski definition) is 8. The van der Waals surface area contributed by atoms with Crippen LogP contribution < -0.4 is 20.4 Å². The van der Waals surface area contributed by atoms with Crippen LogP contribution in [0.25, 0.3) is 0 Å². The first-order chi connectivity index (χ1) is 15.5. The first-order valence-corrected chi connectivity index (χ1v) is 10.8. The lowest BCUT2D eigenvalue weighted by molar-refractivity contribution is 0.0844. The minimum Gasteiger partial charge on any atom is -0.393 e. The van der Waals surface area contributed by atoms with Crippen molar-refractivity contribution in [3.8, 4) is 0 Å². The number of fused-ring (bicyclic) bond motifs is 1. The molecule has 3 aliphatic rings. The number of benzene rings is 1. The van der Waals surface area contributed by atoms with Crippen LogP contribution >= 0.6 is 0 Å². The second kappa shape index (κ2) is 8.16. The van der Waals surface area contributed by atoms with Crippen molar-refractivity contribution in [2.45, 2.75) is 25.2 Å². The summed E-state index contributed by atoms with van der Waals surface area (Å²) in [5.41, 5.74) is 3.24. The van der Waals surface area contributed by atoms with Gasteiger partial charge < -0.3 is 30.4 Å². The van der Waals surface area contributed by atoms with Crippen LogP contribution in [0.3, 0.4) is 0 Å². The molecule has 1 amide bonds. The molecule has 1 unspecified atom stereocenters. The second-order valence-electron chi connectivity index (χ2n) is 8.26. The van der Waals surface area contributed by atoms with Gasteiger partial charge in [0.05, 0.1) is 35.5 Å². The number of anilines is 3. The molecule has 166 valence electrons. The molecule has 1 aromatic heterocycles. The first-order valence-electron chi connectivity index (χ1n) is 10.8. The minimum atomic E-state index is -0.423. The van der Waals surface area contributed by atoms with Crippen LogP contribution in [-0.4, -0.2) is 66.7 Å². The molecule has 1 saturated heterocycles. The maximum atomic E-state index is 12.9. The maximum absolute atomic E-state index is 12.9. The van der Waals surface area contributed by atoms with E-state index in [4.69, 9.17) is 0 Å². The van der Waals surface area contributed by atoms with Gasteiger partial charge in [0.15, 0.2) is 6.29 Å². The summed E-state index contributed by atoms with van der Waals surface area (Å²) < 4.78 is 0. The number of allylic oxidation sites excluding steroid dienone is 1. The largest absolute Gasteiger partial charge is 0.393 e. The van der Waals surface area contributed by atoms with E-state index in [0.717, 1.165) is 43.1 Å². The topological polar surface area (TPSA) is 96.3 Å². The molecule has 1 aromatic carbocycles. The highest BCUT2D eigenvalue weighted by Gasteiger charge is 2.31. The fourth-order valence-corrected chi connectivity index (χ4v) is 4.31. The summed E-state index contributed by atoms with van der Waals surface area (Å²) in [6.45, 7) is 1.67. The molecule has 2 aromatic rings. The number of hydrogen-bond donors (Lipinski definition) is 3. The molecule has 5 rings (SSSR count). The van der Waals surface area contributed by atoms with Crippen LogP contribution in [-0.2, 0) is 0 Å². The summed E-state index contributed by atoms with van der Waals surface area (Å²) in [6.07, 6.45) is 4.51. The first kappa shape index (κ1) is 20.3. The smallest absolute Gasteiger partial charge is 0.260 e. The van der Waals surface area contributed by atoms with Crippen LogP contribution in [0.4, 0.5) is 17.2 Å². The number of nitrogens with zero attached hydrogens (tertiary/aromatic N) is 5. The lowest BCUT2D eigenvalue weighted by Gasteiger charge is -2.32. The summed E-state index contributed by atoms with van der Waals surface area (Å²) in [6, 6.07) is 11.5. The van der Waals surface area contributed by atoms with Crippen LogP contribution in [0.1, 0.15) is 23.2 Å². The predicted octanol–water partition coefficient (Wildman–Crippen LogP) is 1.80. The standard InChI is InChI=1S/C23H27N7O2/c1-28-18-6-4-3-5-17(18)22(32)29(2)19-14-25-23(27-21(19)28)26-20-8-7-15(13-24-20)30-11-9-16(31)10-12-30/h3-8,13-14,16,23,27,31H,9-12H2,1-2H3,(H,24,26). The molecule has 3 N–H and O–H groups in total. The van der Waals surface area contributed by atoms with Crippen LogP contribution in [0.15, 0.2) is 59.1 Å². The Morgan fingerprint density at radius 2 is 1.88 bits per heavy atom. The fraction of sp³-hybridized carbons (Fsp3) is 0.348. The number of aliphatic hydroxyl groups excluding tert-OH is 1. The van der Waals surface area contributed by atoms with Crippen LogP contribution in [0.5, 0.6) is 0 Å².